The predicted octanol–water partition coefficient (Wildman–Crippen LogP) is 3.68. The highest BCUT2D eigenvalue weighted by molar-refractivity contribution is 7.93. The van der Waals surface area contributed by atoms with Crippen molar-refractivity contribution < 1.29 is 35.2 Å². The second kappa shape index (κ2) is 14.3. The molecule has 45 heavy (non-hydrogen) atoms. The zero-order valence-electron chi connectivity index (χ0n) is 24.0. The number of sulfonamides is 2. The molecule has 0 unspecified atom stereocenters. The Morgan fingerprint density at radius 1 is 0.622 bits per heavy atom. The minimum Gasteiger partial charge on any atom is -0.352 e. The topological polar surface area (TPSA) is 133 Å². The third-order valence-electron chi connectivity index (χ3n) is 6.48. The normalized spacial score (nSPS) is 12.2. The van der Waals surface area contributed by atoms with E-state index in [0.717, 1.165) is 32.9 Å². The maximum atomic E-state index is 13.6. The fourth-order valence-electron chi connectivity index (χ4n) is 4.24. The van der Waals surface area contributed by atoms with Crippen LogP contribution in [0.2, 0.25) is 0 Å². The van der Waals surface area contributed by atoms with E-state index < -0.39 is 62.6 Å². The molecule has 0 aliphatic carbocycles. The molecule has 0 saturated carbocycles. The van der Waals surface area contributed by atoms with Crippen molar-refractivity contribution in [3.05, 3.63) is 121 Å². The number of rotatable bonds is 13. The van der Waals surface area contributed by atoms with Gasteiger partial charge in [-0.05, 0) is 79.7 Å². The van der Waals surface area contributed by atoms with Gasteiger partial charge in [0, 0.05) is 12.6 Å². The molecule has 0 bridgehead atoms. The third-order valence-corrected chi connectivity index (χ3v) is 10.1. The number of hydrogen-bond donors (Lipinski definition) is 2. The summed E-state index contributed by atoms with van der Waals surface area (Å²) in [5.41, 5.74) is 0.133. The molecule has 2 N–H and O–H groups in total. The minimum atomic E-state index is -4.21. The van der Waals surface area contributed by atoms with Crippen LogP contribution in [0.5, 0.6) is 0 Å². The highest BCUT2D eigenvalue weighted by Crippen LogP contribution is 2.25. The SMILES string of the molecule is C[C@H](CNC(=O)CN(c1ccc(F)cc1)S(=O)(=O)c1ccccc1)NC(=O)CN(c1ccc(F)cc1)S(=O)(=O)c1ccccc1. The summed E-state index contributed by atoms with van der Waals surface area (Å²) in [7, 11) is -8.41. The lowest BCUT2D eigenvalue weighted by Gasteiger charge is -2.26. The van der Waals surface area contributed by atoms with Crippen molar-refractivity contribution in [2.75, 3.05) is 28.2 Å². The standard InChI is InChI=1S/C31H30F2N4O6S2/c1-23(35-31(39)22-37(27-18-14-25(33)15-19-27)45(42,43)29-10-6-3-7-11-29)20-34-30(38)21-36(26-16-12-24(32)13-17-26)44(40,41)28-8-4-2-5-9-28/h2-19,23H,20-22H2,1H3,(H,34,38)(H,35,39)/t23-/m1/s1. The van der Waals surface area contributed by atoms with Crippen LogP contribution in [0.3, 0.4) is 0 Å². The zero-order chi connectivity index (χ0) is 32.6. The smallest absolute Gasteiger partial charge is 0.264 e. The van der Waals surface area contributed by atoms with Crippen LogP contribution in [-0.2, 0) is 29.6 Å². The first-order valence-electron chi connectivity index (χ1n) is 13.6. The molecule has 0 saturated heterocycles. The average molecular weight is 657 g/mol. The summed E-state index contributed by atoms with van der Waals surface area (Å²) in [4.78, 5) is 25.8. The van der Waals surface area contributed by atoms with Gasteiger partial charge in [-0.2, -0.15) is 0 Å². The molecule has 1 atom stereocenters. The summed E-state index contributed by atoms with van der Waals surface area (Å²) in [5, 5.41) is 5.17. The van der Waals surface area contributed by atoms with Gasteiger partial charge in [0.15, 0.2) is 0 Å². The number of carbonyl (C=O) groups excluding carboxylic acids is 2. The highest BCUT2D eigenvalue weighted by Gasteiger charge is 2.29. The number of hydrogen-bond acceptors (Lipinski definition) is 6. The van der Waals surface area contributed by atoms with Gasteiger partial charge in [-0.15, -0.1) is 0 Å². The van der Waals surface area contributed by atoms with Crippen LogP contribution < -0.4 is 19.2 Å². The van der Waals surface area contributed by atoms with Crippen LogP contribution in [0.4, 0.5) is 20.2 Å². The fraction of sp³-hybridized carbons (Fsp3) is 0.161. The van der Waals surface area contributed by atoms with Crippen LogP contribution in [0.15, 0.2) is 119 Å². The second-order valence-electron chi connectivity index (χ2n) is 9.87. The van der Waals surface area contributed by atoms with Gasteiger partial charge in [-0.1, -0.05) is 36.4 Å². The third kappa shape index (κ3) is 8.42. The van der Waals surface area contributed by atoms with Crippen molar-refractivity contribution in [2.45, 2.75) is 22.8 Å². The number of carbonyl (C=O) groups is 2. The molecule has 0 aliphatic heterocycles. The molecule has 0 radical (unpaired) electrons. The molecular formula is C31H30F2N4O6S2. The quantitative estimate of drug-likeness (QED) is 0.226. The lowest BCUT2D eigenvalue weighted by atomic mass is 10.3. The van der Waals surface area contributed by atoms with Gasteiger partial charge in [0.25, 0.3) is 20.0 Å². The Balaban J connectivity index is 1.43. The van der Waals surface area contributed by atoms with Crippen molar-refractivity contribution >= 4 is 43.2 Å². The van der Waals surface area contributed by atoms with Crippen molar-refractivity contribution in [1.82, 2.24) is 10.6 Å². The minimum absolute atomic E-state index is 0.0665. The first-order valence-corrected chi connectivity index (χ1v) is 16.5. The van der Waals surface area contributed by atoms with Crippen LogP contribution >= 0.6 is 0 Å². The van der Waals surface area contributed by atoms with Crippen LogP contribution in [0.1, 0.15) is 6.92 Å². The average Bonchev–Trinajstić information content (AvgIpc) is 3.03. The van der Waals surface area contributed by atoms with E-state index in [-0.39, 0.29) is 27.7 Å². The Bertz CT molecular complexity index is 1830. The lowest BCUT2D eigenvalue weighted by molar-refractivity contribution is -0.122. The van der Waals surface area contributed by atoms with E-state index in [2.05, 4.69) is 10.6 Å². The van der Waals surface area contributed by atoms with Gasteiger partial charge >= 0.3 is 0 Å². The summed E-state index contributed by atoms with van der Waals surface area (Å²) < 4.78 is 82.4. The summed E-state index contributed by atoms with van der Waals surface area (Å²) in [6.45, 7) is 0.145. The summed E-state index contributed by atoms with van der Waals surface area (Å²) in [6.07, 6.45) is 0. The lowest BCUT2D eigenvalue weighted by Crippen LogP contribution is -2.48. The molecule has 4 aromatic carbocycles. The number of amides is 2. The first kappa shape index (κ1) is 33.1. The molecule has 0 spiro atoms. The molecule has 0 aromatic heterocycles. The number of nitrogens with zero attached hydrogens (tertiary/aromatic N) is 2. The van der Waals surface area contributed by atoms with Crippen LogP contribution in [0, 0.1) is 11.6 Å². The number of halogens is 2. The number of anilines is 2. The Kier molecular flexibility index (Phi) is 10.5. The van der Waals surface area contributed by atoms with Gasteiger partial charge in [0.05, 0.1) is 21.2 Å². The van der Waals surface area contributed by atoms with Crippen molar-refractivity contribution in [1.29, 1.82) is 0 Å². The Labute approximate surface area is 260 Å². The molecule has 0 aliphatic rings. The van der Waals surface area contributed by atoms with Gasteiger partial charge in [0.2, 0.25) is 11.8 Å². The molecule has 0 heterocycles. The molecule has 10 nitrogen and oxygen atoms in total. The van der Waals surface area contributed by atoms with Crippen molar-refractivity contribution in [2.24, 2.45) is 0 Å². The summed E-state index contributed by atoms with van der Waals surface area (Å²) in [5.74, 6) is -2.58. The summed E-state index contributed by atoms with van der Waals surface area (Å²) in [6, 6.07) is 23.4. The fourth-order valence-corrected chi connectivity index (χ4v) is 7.12. The first-order chi connectivity index (χ1) is 21.4. The van der Waals surface area contributed by atoms with E-state index in [0.29, 0.717) is 0 Å². The Morgan fingerprint density at radius 2 is 1.00 bits per heavy atom. The monoisotopic (exact) mass is 656 g/mol. The molecular weight excluding hydrogens is 626 g/mol. The van der Waals surface area contributed by atoms with Gasteiger partial charge in [-0.25, -0.2) is 25.6 Å². The molecule has 14 heteroatoms. The molecule has 4 rings (SSSR count). The van der Waals surface area contributed by atoms with E-state index >= 15 is 0 Å². The van der Waals surface area contributed by atoms with Crippen LogP contribution in [0.25, 0.3) is 0 Å². The van der Waals surface area contributed by atoms with E-state index in [4.69, 9.17) is 0 Å². The maximum absolute atomic E-state index is 13.6. The Morgan fingerprint density at radius 3 is 1.40 bits per heavy atom. The van der Waals surface area contributed by atoms with Crippen molar-refractivity contribution in [3.8, 4) is 0 Å². The zero-order valence-corrected chi connectivity index (χ0v) is 25.6. The highest BCUT2D eigenvalue weighted by atomic mass is 32.2. The van der Waals surface area contributed by atoms with Crippen molar-refractivity contribution in [3.63, 3.8) is 0 Å². The van der Waals surface area contributed by atoms with E-state index in [9.17, 15) is 35.2 Å². The largest absolute Gasteiger partial charge is 0.352 e. The molecule has 0 fully saturated rings. The number of benzene rings is 4. The Hall–Kier alpha value is -4.82. The predicted molar refractivity (Wildman–Crippen MR) is 165 cm³/mol. The van der Waals surface area contributed by atoms with E-state index in [1.807, 2.05) is 0 Å². The maximum Gasteiger partial charge on any atom is 0.264 e. The van der Waals surface area contributed by atoms with Gasteiger partial charge < -0.3 is 10.6 Å². The molecule has 2 amide bonds. The summed E-state index contributed by atoms with van der Waals surface area (Å²) >= 11 is 0. The van der Waals surface area contributed by atoms with Gasteiger partial charge in [0.1, 0.15) is 24.7 Å². The van der Waals surface area contributed by atoms with Crippen LogP contribution in [-0.4, -0.2) is 54.3 Å². The van der Waals surface area contributed by atoms with Gasteiger partial charge in [-0.3, -0.25) is 18.2 Å². The van der Waals surface area contributed by atoms with E-state index in [1.165, 1.54) is 72.8 Å². The molecule has 236 valence electrons. The number of nitrogens with one attached hydrogen (secondary N) is 2. The molecule has 4 aromatic rings. The second-order valence-corrected chi connectivity index (χ2v) is 13.6. The van der Waals surface area contributed by atoms with E-state index in [1.54, 1.807) is 19.1 Å².